The first kappa shape index (κ1) is 18.8. The molecule has 0 fully saturated rings. The topological polar surface area (TPSA) is 84.9 Å². The second kappa shape index (κ2) is 8.99. The van der Waals surface area contributed by atoms with Crippen molar-refractivity contribution in [2.75, 3.05) is 27.2 Å². The maximum Gasteiger partial charge on any atom is 0.347 e. The van der Waals surface area contributed by atoms with Gasteiger partial charge in [-0.2, -0.15) is 0 Å². The highest BCUT2D eigenvalue weighted by Gasteiger charge is 2.18. The zero-order valence-electron chi connectivity index (χ0n) is 13.2. The van der Waals surface area contributed by atoms with Gasteiger partial charge in [0.25, 0.3) is 5.91 Å². The highest BCUT2D eigenvalue weighted by atomic mass is 35.5. The first-order valence-electron chi connectivity index (χ1n) is 6.85. The normalized spacial score (nSPS) is 11.3. The molecule has 0 heterocycles. The molecule has 1 aromatic rings. The Bertz CT molecular complexity index is 559. The minimum Gasteiger partial charge on any atom is -0.479 e. The summed E-state index contributed by atoms with van der Waals surface area (Å²) in [5.41, 5.74) is 0. The summed E-state index contributed by atoms with van der Waals surface area (Å²) in [7, 11) is 3.15. The average Bonchev–Trinajstić information content (AvgIpc) is 2.52. The molecular formula is C15H19ClN2O5. The minimum absolute atomic E-state index is 0.153. The van der Waals surface area contributed by atoms with Gasteiger partial charge in [0.05, 0.1) is 6.54 Å². The van der Waals surface area contributed by atoms with Gasteiger partial charge in [-0.25, -0.2) is 4.79 Å². The summed E-state index contributed by atoms with van der Waals surface area (Å²) in [6, 6.07) is 6.49. The number of ether oxygens (including phenoxy) is 2. The Morgan fingerprint density at radius 2 is 1.83 bits per heavy atom. The molecule has 1 rings (SSSR count). The number of carbonyl (C=O) groups is 3. The van der Waals surface area contributed by atoms with Crippen LogP contribution in [0.25, 0.3) is 0 Å². The van der Waals surface area contributed by atoms with E-state index in [0.717, 1.165) is 0 Å². The molecule has 0 aliphatic heterocycles. The van der Waals surface area contributed by atoms with Crippen LogP contribution in [0.1, 0.15) is 6.92 Å². The molecule has 0 radical (unpaired) electrons. The number of esters is 1. The molecule has 1 N–H and O–H groups in total. The van der Waals surface area contributed by atoms with E-state index in [2.05, 4.69) is 5.32 Å². The van der Waals surface area contributed by atoms with Crippen molar-refractivity contribution in [3.05, 3.63) is 29.3 Å². The monoisotopic (exact) mass is 342 g/mol. The number of halogens is 1. The molecule has 7 nitrogen and oxygen atoms in total. The predicted octanol–water partition coefficient (Wildman–Crippen LogP) is 0.855. The maximum absolute atomic E-state index is 11.7. The van der Waals surface area contributed by atoms with Crippen LogP contribution in [0, 0.1) is 0 Å². The number of benzene rings is 1. The van der Waals surface area contributed by atoms with Crippen LogP contribution in [0.3, 0.4) is 0 Å². The fraction of sp³-hybridized carbons (Fsp3) is 0.400. The van der Waals surface area contributed by atoms with Gasteiger partial charge in [0.1, 0.15) is 5.75 Å². The third kappa shape index (κ3) is 7.01. The molecule has 0 saturated carbocycles. The van der Waals surface area contributed by atoms with E-state index in [1.807, 2.05) is 0 Å². The second-order valence-corrected chi connectivity index (χ2v) is 5.32. The van der Waals surface area contributed by atoms with E-state index in [-0.39, 0.29) is 12.5 Å². The molecule has 0 spiro atoms. The smallest absolute Gasteiger partial charge is 0.347 e. The Hall–Kier alpha value is -2.28. The van der Waals surface area contributed by atoms with Gasteiger partial charge in [-0.3, -0.25) is 9.59 Å². The van der Waals surface area contributed by atoms with Gasteiger partial charge in [-0.15, -0.1) is 0 Å². The van der Waals surface area contributed by atoms with Crippen LogP contribution in [0.2, 0.25) is 5.02 Å². The van der Waals surface area contributed by atoms with E-state index in [0.29, 0.717) is 10.8 Å². The first-order valence-corrected chi connectivity index (χ1v) is 7.23. The number of nitrogens with one attached hydrogen (secondary N) is 1. The van der Waals surface area contributed by atoms with Crippen LogP contribution in [-0.2, 0) is 19.1 Å². The van der Waals surface area contributed by atoms with Crippen molar-refractivity contribution in [2.24, 2.45) is 0 Å². The number of hydrogen-bond acceptors (Lipinski definition) is 5. The number of amides is 2. The summed E-state index contributed by atoms with van der Waals surface area (Å²) in [5.74, 6) is -1.05. The maximum atomic E-state index is 11.7. The van der Waals surface area contributed by atoms with Crippen molar-refractivity contribution in [3.63, 3.8) is 0 Å². The standard InChI is InChI=1S/C15H19ClN2O5/c1-10(23-12-6-4-11(16)5-7-12)15(21)22-9-13(19)17-8-14(20)18(2)3/h4-7,10H,8-9H2,1-3H3,(H,17,19)/t10-/m0/s1. The molecule has 0 aliphatic rings. The van der Waals surface area contributed by atoms with Crippen LogP contribution >= 0.6 is 11.6 Å². The van der Waals surface area contributed by atoms with Crippen molar-refractivity contribution in [1.82, 2.24) is 10.2 Å². The summed E-state index contributed by atoms with van der Waals surface area (Å²) in [5, 5.41) is 2.90. The third-order valence-corrected chi connectivity index (χ3v) is 2.99. The quantitative estimate of drug-likeness (QED) is 0.743. The molecular weight excluding hydrogens is 324 g/mol. The van der Waals surface area contributed by atoms with Crippen LogP contribution in [0.15, 0.2) is 24.3 Å². The molecule has 1 aromatic carbocycles. The van der Waals surface area contributed by atoms with E-state index >= 15 is 0 Å². The second-order valence-electron chi connectivity index (χ2n) is 4.89. The van der Waals surface area contributed by atoms with Crippen molar-refractivity contribution < 1.29 is 23.9 Å². The fourth-order valence-corrected chi connectivity index (χ4v) is 1.53. The summed E-state index contributed by atoms with van der Waals surface area (Å²) < 4.78 is 10.2. The number of nitrogens with zero attached hydrogens (tertiary/aromatic N) is 1. The molecule has 0 bridgehead atoms. The van der Waals surface area contributed by atoms with E-state index in [9.17, 15) is 14.4 Å². The summed E-state index contributed by atoms with van der Waals surface area (Å²) >= 11 is 5.75. The van der Waals surface area contributed by atoms with Gasteiger partial charge in [-0.1, -0.05) is 11.6 Å². The lowest BCUT2D eigenvalue weighted by atomic mass is 10.3. The summed E-state index contributed by atoms with van der Waals surface area (Å²) in [4.78, 5) is 35.9. The average molecular weight is 343 g/mol. The van der Waals surface area contributed by atoms with Crippen LogP contribution in [0.5, 0.6) is 5.75 Å². The largest absolute Gasteiger partial charge is 0.479 e. The van der Waals surface area contributed by atoms with Crippen molar-refractivity contribution in [1.29, 1.82) is 0 Å². The van der Waals surface area contributed by atoms with Gasteiger partial charge in [0.15, 0.2) is 12.7 Å². The molecule has 126 valence electrons. The molecule has 0 saturated heterocycles. The van der Waals surface area contributed by atoms with Gasteiger partial charge in [0.2, 0.25) is 5.91 Å². The van der Waals surface area contributed by atoms with Crippen LogP contribution in [-0.4, -0.2) is 56.0 Å². The molecule has 8 heteroatoms. The summed E-state index contributed by atoms with van der Waals surface area (Å²) in [6.07, 6.45) is -0.882. The molecule has 0 aromatic heterocycles. The summed E-state index contributed by atoms with van der Waals surface area (Å²) in [6.45, 7) is 0.873. The minimum atomic E-state index is -0.882. The Morgan fingerprint density at radius 1 is 1.22 bits per heavy atom. The number of hydrogen-bond donors (Lipinski definition) is 1. The molecule has 23 heavy (non-hydrogen) atoms. The molecule has 2 amide bonds. The number of carbonyl (C=O) groups excluding carboxylic acids is 3. The van der Waals surface area contributed by atoms with E-state index in [1.165, 1.54) is 11.8 Å². The lowest BCUT2D eigenvalue weighted by molar-refractivity contribution is -0.154. The van der Waals surface area contributed by atoms with Crippen molar-refractivity contribution in [3.8, 4) is 5.75 Å². The van der Waals surface area contributed by atoms with Crippen molar-refractivity contribution in [2.45, 2.75) is 13.0 Å². The van der Waals surface area contributed by atoms with Gasteiger partial charge >= 0.3 is 5.97 Å². The molecule has 1 atom stereocenters. The van der Waals surface area contributed by atoms with Gasteiger partial charge < -0.3 is 19.7 Å². The predicted molar refractivity (Wildman–Crippen MR) is 84.2 cm³/mol. The zero-order chi connectivity index (χ0) is 17.4. The fourth-order valence-electron chi connectivity index (χ4n) is 1.40. The number of likely N-dealkylation sites (N-methyl/N-ethyl adjacent to an activating group) is 1. The lowest BCUT2D eigenvalue weighted by Gasteiger charge is -2.14. The number of rotatable bonds is 7. The Labute approximate surface area is 139 Å². The lowest BCUT2D eigenvalue weighted by Crippen LogP contribution is -2.39. The Kier molecular flexibility index (Phi) is 7.34. The third-order valence-electron chi connectivity index (χ3n) is 2.74. The van der Waals surface area contributed by atoms with Crippen LogP contribution < -0.4 is 10.1 Å². The van der Waals surface area contributed by atoms with Gasteiger partial charge in [-0.05, 0) is 31.2 Å². The van der Waals surface area contributed by atoms with E-state index < -0.39 is 24.6 Å². The Balaban J connectivity index is 2.33. The van der Waals surface area contributed by atoms with Crippen molar-refractivity contribution >= 4 is 29.4 Å². The molecule has 0 unspecified atom stereocenters. The van der Waals surface area contributed by atoms with Crippen LogP contribution in [0.4, 0.5) is 0 Å². The van der Waals surface area contributed by atoms with Gasteiger partial charge in [0, 0.05) is 19.1 Å². The SMILES string of the molecule is C[C@H](Oc1ccc(Cl)cc1)C(=O)OCC(=O)NCC(=O)N(C)C. The van der Waals surface area contributed by atoms with E-state index in [4.69, 9.17) is 21.1 Å². The highest BCUT2D eigenvalue weighted by Crippen LogP contribution is 2.17. The Morgan fingerprint density at radius 3 is 2.39 bits per heavy atom. The zero-order valence-corrected chi connectivity index (χ0v) is 13.9. The first-order chi connectivity index (χ1) is 10.8. The highest BCUT2D eigenvalue weighted by molar-refractivity contribution is 6.30. The molecule has 0 aliphatic carbocycles. The van der Waals surface area contributed by atoms with E-state index in [1.54, 1.807) is 38.4 Å².